The summed E-state index contributed by atoms with van der Waals surface area (Å²) >= 11 is 6.37. The van der Waals surface area contributed by atoms with E-state index in [1.54, 1.807) is 12.4 Å². The number of aromatic nitrogens is 3. The molecule has 1 amide bonds. The second kappa shape index (κ2) is 8.73. The van der Waals surface area contributed by atoms with Crippen molar-refractivity contribution in [3.63, 3.8) is 0 Å². The van der Waals surface area contributed by atoms with Crippen LogP contribution in [0.15, 0.2) is 29.4 Å². The minimum atomic E-state index is -0.519. The van der Waals surface area contributed by atoms with Crippen LogP contribution in [0.1, 0.15) is 64.6 Å². The number of alkyl carbamates (subject to hydrolysis) is 1. The maximum absolute atomic E-state index is 12.3. The van der Waals surface area contributed by atoms with Crippen molar-refractivity contribution in [3.8, 4) is 5.82 Å². The van der Waals surface area contributed by atoms with Crippen LogP contribution in [0.3, 0.4) is 0 Å². The van der Waals surface area contributed by atoms with E-state index >= 15 is 0 Å². The van der Waals surface area contributed by atoms with Gasteiger partial charge in [0.1, 0.15) is 16.9 Å². The Labute approximate surface area is 194 Å². The Morgan fingerprint density at radius 1 is 1.22 bits per heavy atom. The molecule has 4 atom stereocenters. The Bertz CT molecular complexity index is 1010. The molecule has 0 spiro atoms. The molecule has 1 N–H and O–H groups in total. The Morgan fingerprint density at radius 3 is 2.72 bits per heavy atom. The van der Waals surface area contributed by atoms with Crippen molar-refractivity contribution in [2.75, 3.05) is 11.4 Å². The highest BCUT2D eigenvalue weighted by Crippen LogP contribution is 2.32. The number of hydrogen-bond acceptors (Lipinski definition) is 6. The molecule has 2 aliphatic rings. The fourth-order valence-electron chi connectivity index (χ4n) is 4.23. The van der Waals surface area contributed by atoms with E-state index in [-0.39, 0.29) is 23.6 Å². The van der Waals surface area contributed by atoms with Gasteiger partial charge in [0, 0.05) is 36.3 Å². The monoisotopic (exact) mass is 458 g/mol. The van der Waals surface area contributed by atoms with E-state index in [4.69, 9.17) is 21.3 Å². The Morgan fingerprint density at radius 2 is 1.97 bits per heavy atom. The molecule has 1 saturated heterocycles. The highest BCUT2D eigenvalue weighted by atomic mass is 35.5. The zero-order valence-corrected chi connectivity index (χ0v) is 20.0. The van der Waals surface area contributed by atoms with Gasteiger partial charge >= 0.3 is 6.09 Å². The summed E-state index contributed by atoms with van der Waals surface area (Å²) < 4.78 is 7.29. The lowest BCUT2D eigenvalue weighted by Gasteiger charge is -2.39. The molecule has 0 saturated carbocycles. The van der Waals surface area contributed by atoms with Gasteiger partial charge in [-0.15, -0.1) is 0 Å². The van der Waals surface area contributed by atoms with E-state index < -0.39 is 5.60 Å². The molecule has 2 aromatic rings. The summed E-state index contributed by atoms with van der Waals surface area (Å²) in [4.78, 5) is 23.7. The number of carbonyl (C=O) groups excluding carboxylic acids is 1. The third kappa shape index (κ3) is 4.75. The number of aliphatic imine (C=N–C) groups is 1. The first-order valence-corrected chi connectivity index (χ1v) is 11.5. The van der Waals surface area contributed by atoms with Crippen LogP contribution in [0, 0.1) is 0 Å². The minimum Gasteiger partial charge on any atom is -0.444 e. The molecule has 0 aliphatic carbocycles. The number of nitrogens with one attached hydrogen (secondary N) is 1. The summed E-state index contributed by atoms with van der Waals surface area (Å²) in [6, 6.07) is 6.24. The summed E-state index contributed by atoms with van der Waals surface area (Å²) in [6.45, 7) is 10.5. The van der Waals surface area contributed by atoms with Crippen molar-refractivity contribution in [3.05, 3.63) is 35.7 Å². The van der Waals surface area contributed by atoms with E-state index in [0.717, 1.165) is 35.7 Å². The number of ether oxygens (including phenoxy) is 1. The van der Waals surface area contributed by atoms with Gasteiger partial charge in [-0.2, -0.15) is 5.10 Å². The summed E-state index contributed by atoms with van der Waals surface area (Å²) in [5, 5.41) is 7.57. The molecule has 4 rings (SSSR count). The van der Waals surface area contributed by atoms with Gasteiger partial charge in [-0.25, -0.2) is 14.5 Å². The number of halogens is 1. The van der Waals surface area contributed by atoms with Gasteiger partial charge in [0.2, 0.25) is 0 Å². The smallest absolute Gasteiger partial charge is 0.407 e. The van der Waals surface area contributed by atoms with E-state index in [1.165, 1.54) is 0 Å². The highest BCUT2D eigenvalue weighted by Gasteiger charge is 2.30. The summed E-state index contributed by atoms with van der Waals surface area (Å²) in [5.74, 6) is 1.62. The summed E-state index contributed by atoms with van der Waals surface area (Å²) in [7, 11) is 0. The third-order valence-electron chi connectivity index (χ3n) is 5.87. The highest BCUT2D eigenvalue weighted by molar-refractivity contribution is 6.21. The molecule has 4 heterocycles. The van der Waals surface area contributed by atoms with Crippen molar-refractivity contribution < 1.29 is 9.53 Å². The largest absolute Gasteiger partial charge is 0.444 e. The van der Waals surface area contributed by atoms with Crippen LogP contribution in [0.5, 0.6) is 0 Å². The van der Waals surface area contributed by atoms with E-state index in [0.29, 0.717) is 12.6 Å². The van der Waals surface area contributed by atoms with Gasteiger partial charge in [0.05, 0.1) is 11.9 Å². The summed E-state index contributed by atoms with van der Waals surface area (Å²) in [6.07, 6.45) is 5.05. The Hall–Kier alpha value is -2.61. The maximum atomic E-state index is 12.3. The molecule has 0 bridgehead atoms. The van der Waals surface area contributed by atoms with Gasteiger partial charge in [-0.3, -0.25) is 4.99 Å². The van der Waals surface area contributed by atoms with Crippen molar-refractivity contribution in [2.24, 2.45) is 4.99 Å². The van der Waals surface area contributed by atoms with Crippen LogP contribution in [0.2, 0.25) is 0 Å². The molecule has 9 heteroatoms. The zero-order chi connectivity index (χ0) is 23.0. The lowest BCUT2D eigenvalue weighted by atomic mass is 9.99. The molecule has 8 nitrogen and oxygen atoms in total. The first kappa shape index (κ1) is 22.6. The number of pyridine rings is 1. The average molecular weight is 459 g/mol. The molecule has 0 aromatic carbocycles. The van der Waals surface area contributed by atoms with Gasteiger partial charge in [0.25, 0.3) is 0 Å². The van der Waals surface area contributed by atoms with Crippen LogP contribution < -0.4 is 10.2 Å². The van der Waals surface area contributed by atoms with Gasteiger partial charge in [-0.1, -0.05) is 24.6 Å². The summed E-state index contributed by atoms with van der Waals surface area (Å²) in [5.41, 5.74) is 1.15. The number of alkyl halides is 1. The average Bonchev–Trinajstić information content (AvgIpc) is 3.16. The Balaban J connectivity index is 1.55. The van der Waals surface area contributed by atoms with Crippen LogP contribution in [-0.2, 0) is 4.74 Å². The number of rotatable bonds is 3. The van der Waals surface area contributed by atoms with E-state index in [9.17, 15) is 4.79 Å². The number of nitrogens with zero attached hydrogens (tertiary/aromatic N) is 5. The standard InChI is InChI=1S/C23H31ClN6O2/c1-14-9-10-17(27-22(31)32-23(3,4)5)13-29(14)18-7-6-8-19(28-18)30-20-15(2)21(24)25-11-16(20)12-26-30/h6-8,11-12,14-15,17,21H,9-10,13H2,1-5H3,(H,27,31). The van der Waals surface area contributed by atoms with Crippen molar-refractivity contribution in [1.82, 2.24) is 20.1 Å². The molecule has 4 unspecified atom stereocenters. The maximum Gasteiger partial charge on any atom is 0.407 e. The van der Waals surface area contributed by atoms with E-state index in [1.807, 2.05) is 43.7 Å². The molecule has 2 aliphatic heterocycles. The number of carbonyl (C=O) groups is 1. The molecule has 2 aromatic heterocycles. The molecular weight excluding hydrogens is 428 g/mol. The van der Waals surface area contributed by atoms with Crippen LogP contribution in [0.25, 0.3) is 5.82 Å². The molecule has 1 fully saturated rings. The van der Waals surface area contributed by atoms with Crippen molar-refractivity contribution in [2.45, 2.75) is 76.6 Å². The second-order valence-corrected chi connectivity index (χ2v) is 10.1. The molecule has 0 radical (unpaired) electrons. The molecule has 32 heavy (non-hydrogen) atoms. The number of hydrogen-bond donors (Lipinski definition) is 1. The second-order valence-electron chi connectivity index (χ2n) is 9.61. The number of amides is 1. The van der Waals surface area contributed by atoms with E-state index in [2.05, 4.69) is 34.2 Å². The number of piperidine rings is 1. The van der Waals surface area contributed by atoms with Crippen molar-refractivity contribution >= 4 is 29.7 Å². The topological polar surface area (TPSA) is 84.6 Å². The molecule has 172 valence electrons. The van der Waals surface area contributed by atoms with Crippen molar-refractivity contribution in [1.29, 1.82) is 0 Å². The normalized spacial score (nSPS) is 25.4. The quantitative estimate of drug-likeness (QED) is 0.549. The zero-order valence-electron chi connectivity index (χ0n) is 19.2. The molecular formula is C23H31ClN6O2. The van der Waals surface area contributed by atoms with Gasteiger partial charge < -0.3 is 15.0 Å². The first-order valence-electron chi connectivity index (χ1n) is 11.1. The van der Waals surface area contributed by atoms with Crippen LogP contribution >= 0.6 is 11.6 Å². The van der Waals surface area contributed by atoms with Crippen LogP contribution in [-0.4, -0.2) is 56.8 Å². The van der Waals surface area contributed by atoms with Crippen LogP contribution in [0.4, 0.5) is 10.6 Å². The SMILES string of the molecule is CC1c2c(cnn2-c2cccc(N3CC(NC(=O)OC(C)(C)C)CCC3C)n2)C=NC1Cl. The van der Waals surface area contributed by atoms with Gasteiger partial charge in [-0.05, 0) is 52.7 Å². The first-order chi connectivity index (χ1) is 15.1. The lowest BCUT2D eigenvalue weighted by molar-refractivity contribution is 0.0497. The number of fused-ring (bicyclic) bond motifs is 1. The fraction of sp³-hybridized carbons (Fsp3) is 0.565. The Kier molecular flexibility index (Phi) is 6.16. The number of anilines is 1. The predicted molar refractivity (Wildman–Crippen MR) is 126 cm³/mol. The third-order valence-corrected chi connectivity index (χ3v) is 6.36. The predicted octanol–water partition coefficient (Wildman–Crippen LogP) is 4.25. The minimum absolute atomic E-state index is 0.00258. The lowest BCUT2D eigenvalue weighted by Crippen LogP contribution is -2.52. The fourth-order valence-corrected chi connectivity index (χ4v) is 4.40. The van der Waals surface area contributed by atoms with Gasteiger partial charge in [0.15, 0.2) is 5.82 Å².